The predicted octanol–water partition coefficient (Wildman–Crippen LogP) is 3.17. The van der Waals surface area contributed by atoms with Crippen LogP contribution in [0.3, 0.4) is 0 Å². The number of rotatable bonds is 21. The minimum Gasteiger partial charge on any atom is -0.395 e. The molecule has 0 aromatic heterocycles. The summed E-state index contributed by atoms with van der Waals surface area (Å²) in [4.78, 5) is 14.0. The molecule has 0 aromatic rings. The van der Waals surface area contributed by atoms with Crippen LogP contribution in [-0.2, 0) is 4.79 Å². The Labute approximate surface area is 186 Å². The summed E-state index contributed by atoms with van der Waals surface area (Å²) in [5, 5.41) is 22.5. The molecule has 30 heavy (non-hydrogen) atoms. The second-order valence-corrected chi connectivity index (χ2v) is 9.79. The maximum Gasteiger partial charge on any atom is 0.220 e. The monoisotopic (exact) mass is 430 g/mol. The molecule has 0 fully saturated rings. The van der Waals surface area contributed by atoms with Gasteiger partial charge in [0, 0.05) is 32.6 Å². The highest BCUT2D eigenvalue weighted by Crippen LogP contribution is 2.11. The van der Waals surface area contributed by atoms with Gasteiger partial charge in [0.1, 0.15) is 12.6 Å². The van der Waals surface area contributed by atoms with E-state index in [0.717, 1.165) is 12.8 Å². The summed E-state index contributed by atoms with van der Waals surface area (Å²) in [6, 6.07) is 0. The number of unbranched alkanes of at least 4 members (excludes halogenated alkanes) is 10. The van der Waals surface area contributed by atoms with Crippen molar-refractivity contribution in [3.05, 3.63) is 0 Å². The van der Waals surface area contributed by atoms with Crippen LogP contribution in [0.4, 0.5) is 0 Å². The molecule has 3 N–H and O–H groups in total. The van der Waals surface area contributed by atoms with E-state index in [1.165, 1.54) is 57.8 Å². The van der Waals surface area contributed by atoms with Crippen molar-refractivity contribution in [2.75, 3.05) is 60.5 Å². The number of amides is 1. The third-order valence-electron chi connectivity index (χ3n) is 5.40. The number of hydrogen-bond acceptors (Lipinski definition) is 4. The maximum absolute atomic E-state index is 12.0. The first-order chi connectivity index (χ1) is 14.3. The fourth-order valence-corrected chi connectivity index (χ4v) is 3.82. The van der Waals surface area contributed by atoms with E-state index in [1.54, 1.807) is 0 Å². The minimum atomic E-state index is -0.441. The molecule has 1 unspecified atom stereocenters. The van der Waals surface area contributed by atoms with Crippen LogP contribution in [0, 0.1) is 0 Å². The van der Waals surface area contributed by atoms with Gasteiger partial charge >= 0.3 is 0 Å². The second-order valence-electron chi connectivity index (χ2n) is 9.79. The zero-order valence-corrected chi connectivity index (χ0v) is 20.5. The Morgan fingerprint density at radius 2 is 1.43 bits per heavy atom. The topological polar surface area (TPSA) is 72.8 Å². The number of quaternary nitrogens is 1. The average Bonchev–Trinajstić information content (AvgIpc) is 2.64. The largest absolute Gasteiger partial charge is 0.395 e. The van der Waals surface area contributed by atoms with E-state index in [1.807, 2.05) is 4.90 Å². The van der Waals surface area contributed by atoms with Gasteiger partial charge in [-0.2, -0.15) is 0 Å². The van der Waals surface area contributed by atoms with Crippen LogP contribution in [0.5, 0.6) is 0 Å². The molecule has 0 saturated carbocycles. The Morgan fingerprint density at radius 1 is 0.900 bits per heavy atom. The fourth-order valence-electron chi connectivity index (χ4n) is 3.82. The van der Waals surface area contributed by atoms with Crippen LogP contribution in [-0.4, -0.2) is 92.1 Å². The van der Waals surface area contributed by atoms with Crippen molar-refractivity contribution < 1.29 is 19.5 Å². The molecule has 1 atom stereocenters. The van der Waals surface area contributed by atoms with Crippen LogP contribution < -0.4 is 5.32 Å². The lowest BCUT2D eigenvalue weighted by Crippen LogP contribution is -2.47. The molecule has 0 bridgehead atoms. The van der Waals surface area contributed by atoms with Crippen LogP contribution in [0.25, 0.3) is 0 Å². The van der Waals surface area contributed by atoms with Crippen molar-refractivity contribution in [2.45, 2.75) is 90.1 Å². The zero-order chi connectivity index (χ0) is 22.7. The number of aliphatic hydroxyl groups excluding tert-OH is 2. The number of nitrogens with one attached hydrogen (secondary N) is 1. The molecular weight excluding hydrogens is 378 g/mol. The summed E-state index contributed by atoms with van der Waals surface area (Å²) in [6.45, 7) is 5.23. The lowest BCUT2D eigenvalue weighted by Gasteiger charge is -2.30. The highest BCUT2D eigenvalue weighted by Gasteiger charge is 2.18. The van der Waals surface area contributed by atoms with Crippen LogP contribution in [0.2, 0.25) is 0 Å². The van der Waals surface area contributed by atoms with Gasteiger partial charge in [0.25, 0.3) is 0 Å². The lowest BCUT2D eigenvalue weighted by molar-refractivity contribution is -0.873. The first kappa shape index (κ1) is 29.3. The molecular formula is C24H52N3O3+. The summed E-state index contributed by atoms with van der Waals surface area (Å²) in [5.41, 5.74) is 0. The summed E-state index contributed by atoms with van der Waals surface area (Å²) in [5.74, 6) is 0.113. The lowest BCUT2D eigenvalue weighted by atomic mass is 10.1. The Morgan fingerprint density at radius 3 is 1.93 bits per heavy atom. The summed E-state index contributed by atoms with van der Waals surface area (Å²) in [7, 11) is 6.15. The van der Waals surface area contributed by atoms with Gasteiger partial charge in [-0.1, -0.05) is 71.1 Å². The molecule has 0 aliphatic rings. The molecule has 0 aliphatic heterocycles. The van der Waals surface area contributed by atoms with Gasteiger partial charge in [-0.15, -0.1) is 0 Å². The van der Waals surface area contributed by atoms with E-state index in [9.17, 15) is 15.0 Å². The molecule has 0 heterocycles. The van der Waals surface area contributed by atoms with Gasteiger partial charge in [-0.25, -0.2) is 0 Å². The number of nitrogens with zero attached hydrogens (tertiary/aromatic N) is 2. The SMILES string of the molecule is CCCCCCCCCCCCCC(=O)NCCN(CCO)CC(O)C[N+](C)(C)C. The van der Waals surface area contributed by atoms with Crippen LogP contribution >= 0.6 is 0 Å². The smallest absolute Gasteiger partial charge is 0.220 e. The number of aliphatic hydroxyl groups is 2. The van der Waals surface area contributed by atoms with E-state index in [0.29, 0.717) is 43.6 Å². The number of carbonyl (C=O) groups excluding carboxylic acids is 1. The van der Waals surface area contributed by atoms with Gasteiger partial charge in [0.05, 0.1) is 27.7 Å². The molecule has 6 nitrogen and oxygen atoms in total. The molecule has 1 amide bonds. The second kappa shape index (κ2) is 19.0. The van der Waals surface area contributed by atoms with Crippen molar-refractivity contribution in [3.63, 3.8) is 0 Å². The summed E-state index contributed by atoms with van der Waals surface area (Å²) >= 11 is 0. The van der Waals surface area contributed by atoms with E-state index in [2.05, 4.69) is 33.4 Å². The van der Waals surface area contributed by atoms with Crippen LogP contribution in [0.1, 0.15) is 84.0 Å². The first-order valence-electron chi connectivity index (χ1n) is 12.4. The normalized spacial score (nSPS) is 13.0. The average molecular weight is 431 g/mol. The first-order valence-corrected chi connectivity index (χ1v) is 12.4. The molecule has 0 aromatic carbocycles. The zero-order valence-electron chi connectivity index (χ0n) is 20.5. The van der Waals surface area contributed by atoms with Crippen molar-refractivity contribution in [1.29, 1.82) is 0 Å². The Hall–Kier alpha value is -0.690. The van der Waals surface area contributed by atoms with Crippen molar-refractivity contribution in [3.8, 4) is 0 Å². The molecule has 180 valence electrons. The van der Waals surface area contributed by atoms with Crippen LogP contribution in [0.15, 0.2) is 0 Å². The molecule has 6 heteroatoms. The molecule has 0 rings (SSSR count). The fraction of sp³-hybridized carbons (Fsp3) is 0.958. The third-order valence-corrected chi connectivity index (χ3v) is 5.40. The minimum absolute atomic E-state index is 0.0593. The van der Waals surface area contributed by atoms with Crippen molar-refractivity contribution in [2.24, 2.45) is 0 Å². The number of hydrogen-bond donors (Lipinski definition) is 3. The molecule has 0 saturated heterocycles. The van der Waals surface area contributed by atoms with E-state index in [-0.39, 0.29) is 12.5 Å². The number of likely N-dealkylation sites (N-methyl/N-ethyl adjacent to an activating group) is 1. The van der Waals surface area contributed by atoms with Gasteiger partial charge in [0.2, 0.25) is 5.91 Å². The van der Waals surface area contributed by atoms with E-state index >= 15 is 0 Å². The Bertz CT molecular complexity index is 400. The maximum atomic E-state index is 12.0. The van der Waals surface area contributed by atoms with Crippen molar-refractivity contribution in [1.82, 2.24) is 10.2 Å². The highest BCUT2D eigenvalue weighted by atomic mass is 16.3. The number of carbonyl (C=O) groups is 1. The van der Waals surface area contributed by atoms with E-state index in [4.69, 9.17) is 0 Å². The molecule has 0 radical (unpaired) electrons. The summed E-state index contributed by atoms with van der Waals surface area (Å²) in [6.07, 6.45) is 14.3. The van der Waals surface area contributed by atoms with Gasteiger partial charge < -0.3 is 20.0 Å². The van der Waals surface area contributed by atoms with Gasteiger partial charge in [0.15, 0.2) is 0 Å². The Balaban J connectivity index is 3.69. The molecule has 0 spiro atoms. The standard InChI is InChI=1S/C24H51N3O3/c1-5-6-7-8-9-10-11-12-13-14-15-16-24(30)25-17-18-26(19-20-28)21-23(29)22-27(2,3)4/h23,28-29H,5-22H2,1-4H3/p+1. The molecule has 0 aliphatic carbocycles. The quantitative estimate of drug-likeness (QED) is 0.193. The Kier molecular flexibility index (Phi) is 18.6. The van der Waals surface area contributed by atoms with Gasteiger partial charge in [-0.3, -0.25) is 9.69 Å². The highest BCUT2D eigenvalue weighted by molar-refractivity contribution is 5.75. The summed E-state index contributed by atoms with van der Waals surface area (Å²) < 4.78 is 0.698. The van der Waals surface area contributed by atoms with Crippen molar-refractivity contribution >= 4 is 5.91 Å². The third kappa shape index (κ3) is 20.6. The van der Waals surface area contributed by atoms with E-state index < -0.39 is 6.10 Å². The predicted molar refractivity (Wildman–Crippen MR) is 127 cm³/mol. The van der Waals surface area contributed by atoms with Gasteiger partial charge in [-0.05, 0) is 6.42 Å².